The van der Waals surface area contributed by atoms with Gasteiger partial charge in [-0.2, -0.15) is 0 Å². The molecule has 0 saturated heterocycles. The number of rotatable bonds is 4. The van der Waals surface area contributed by atoms with Gasteiger partial charge in [0.2, 0.25) is 5.56 Å². The van der Waals surface area contributed by atoms with E-state index in [0.29, 0.717) is 0 Å². The van der Waals surface area contributed by atoms with Crippen molar-refractivity contribution in [3.63, 3.8) is 0 Å². The summed E-state index contributed by atoms with van der Waals surface area (Å²) in [5.74, 6) is -3.72. The molecule has 1 N–H and O–H groups in total. The van der Waals surface area contributed by atoms with Gasteiger partial charge in [-0.05, 0) is 35.9 Å². The number of aryl methyl sites for hydroxylation is 1. The second-order valence-corrected chi connectivity index (χ2v) is 7.26. The highest BCUT2D eigenvalue weighted by Crippen LogP contribution is 2.29. The fraction of sp³-hybridized carbons (Fsp3) is 0.0952. The van der Waals surface area contributed by atoms with Crippen molar-refractivity contribution in [3.05, 3.63) is 93.0 Å². The Balaban J connectivity index is 1.91. The topological polar surface area (TPSA) is 71.0 Å². The first-order chi connectivity index (χ1) is 14.8. The quantitative estimate of drug-likeness (QED) is 0.511. The maximum Gasteiger partial charge on any atom is 0.276 e. The average molecular weight is 447 g/mol. The van der Waals surface area contributed by atoms with Gasteiger partial charge in [0.25, 0.3) is 5.91 Å². The summed E-state index contributed by atoms with van der Waals surface area (Å²) in [7, 11) is 1.59. The number of hydrogen-bond acceptors (Lipinski definition) is 3. The predicted molar refractivity (Wildman–Crippen MR) is 110 cm³/mol. The summed E-state index contributed by atoms with van der Waals surface area (Å²) < 4.78 is 44.0. The van der Waals surface area contributed by atoms with E-state index in [9.17, 15) is 22.8 Å². The Hall–Kier alpha value is -3.59. The standard InChI is InChI=1S/C21H14ClF3N4O2/c1-28-10-26-8-17(28)21(31)29(16-7-12(22)2-4-14(16)23)9-11-6-18(30)27-20-13(11)3-5-15(24)19(20)25/h2-8,10H,9H2,1H3,(H,27,30). The summed E-state index contributed by atoms with van der Waals surface area (Å²) >= 11 is 6.01. The van der Waals surface area contributed by atoms with Crippen LogP contribution in [-0.4, -0.2) is 20.4 Å². The van der Waals surface area contributed by atoms with Crippen LogP contribution in [0.5, 0.6) is 0 Å². The summed E-state index contributed by atoms with van der Waals surface area (Å²) in [5.41, 5.74) is -0.860. The molecular formula is C21H14ClF3N4O2. The number of pyridine rings is 1. The van der Waals surface area contributed by atoms with Crippen LogP contribution in [0.15, 0.2) is 53.7 Å². The SMILES string of the molecule is Cn1cncc1C(=O)N(Cc1cc(=O)[nH]c2c(F)c(F)ccc12)c1cc(Cl)ccc1F. The van der Waals surface area contributed by atoms with Gasteiger partial charge in [-0.1, -0.05) is 11.6 Å². The van der Waals surface area contributed by atoms with Crippen LogP contribution in [0.25, 0.3) is 10.9 Å². The van der Waals surface area contributed by atoms with Gasteiger partial charge >= 0.3 is 0 Å². The monoisotopic (exact) mass is 446 g/mol. The number of amides is 1. The van der Waals surface area contributed by atoms with Crippen molar-refractivity contribution in [3.8, 4) is 0 Å². The minimum Gasteiger partial charge on any atom is -0.330 e. The third-order valence-electron chi connectivity index (χ3n) is 4.80. The molecule has 2 aromatic heterocycles. The van der Waals surface area contributed by atoms with Crippen LogP contribution in [0.4, 0.5) is 18.9 Å². The van der Waals surface area contributed by atoms with Crippen LogP contribution in [0.3, 0.4) is 0 Å². The molecule has 0 radical (unpaired) electrons. The molecule has 2 aromatic carbocycles. The molecule has 0 aliphatic rings. The molecule has 31 heavy (non-hydrogen) atoms. The van der Waals surface area contributed by atoms with Gasteiger partial charge in [0, 0.05) is 23.5 Å². The van der Waals surface area contributed by atoms with Gasteiger partial charge in [0.1, 0.15) is 11.5 Å². The van der Waals surface area contributed by atoms with Gasteiger partial charge in [-0.3, -0.25) is 14.5 Å². The van der Waals surface area contributed by atoms with Gasteiger partial charge < -0.3 is 9.55 Å². The van der Waals surface area contributed by atoms with E-state index < -0.39 is 28.9 Å². The molecule has 0 aliphatic heterocycles. The van der Waals surface area contributed by atoms with Crippen molar-refractivity contribution in [2.45, 2.75) is 6.54 Å². The minimum atomic E-state index is -1.23. The number of benzene rings is 2. The highest BCUT2D eigenvalue weighted by Gasteiger charge is 2.25. The van der Waals surface area contributed by atoms with E-state index >= 15 is 0 Å². The molecule has 1 amide bonds. The highest BCUT2D eigenvalue weighted by atomic mass is 35.5. The Bertz CT molecular complexity index is 1380. The van der Waals surface area contributed by atoms with Crippen LogP contribution >= 0.6 is 11.6 Å². The number of hydrogen-bond donors (Lipinski definition) is 1. The zero-order valence-corrected chi connectivity index (χ0v) is 16.8. The molecule has 10 heteroatoms. The van der Waals surface area contributed by atoms with E-state index in [-0.39, 0.29) is 39.4 Å². The summed E-state index contributed by atoms with van der Waals surface area (Å²) in [6, 6.07) is 7.03. The molecule has 0 spiro atoms. The number of imidazole rings is 1. The Morgan fingerprint density at radius 3 is 2.61 bits per heavy atom. The maximum absolute atomic E-state index is 14.7. The van der Waals surface area contributed by atoms with Crippen LogP contribution in [0.1, 0.15) is 16.1 Å². The van der Waals surface area contributed by atoms with Crippen LogP contribution in [0, 0.1) is 17.5 Å². The number of aromatic nitrogens is 3. The summed E-state index contributed by atoms with van der Waals surface area (Å²) in [5, 5.41) is 0.354. The zero-order valence-electron chi connectivity index (χ0n) is 16.0. The number of nitrogens with zero attached hydrogens (tertiary/aromatic N) is 3. The summed E-state index contributed by atoms with van der Waals surface area (Å²) in [4.78, 5) is 32.6. The molecule has 0 aliphatic carbocycles. The van der Waals surface area contributed by atoms with Crippen LogP contribution < -0.4 is 10.5 Å². The van der Waals surface area contributed by atoms with Crippen molar-refractivity contribution in [1.29, 1.82) is 0 Å². The van der Waals surface area contributed by atoms with E-state index in [1.54, 1.807) is 7.05 Å². The number of aromatic amines is 1. The molecule has 0 unspecified atom stereocenters. The fourth-order valence-corrected chi connectivity index (χ4v) is 3.46. The predicted octanol–water partition coefficient (Wildman–Crippen LogP) is 4.18. The highest BCUT2D eigenvalue weighted by molar-refractivity contribution is 6.31. The molecule has 0 saturated carbocycles. The number of anilines is 1. The Kier molecular flexibility index (Phi) is 5.28. The van der Waals surface area contributed by atoms with E-state index in [1.165, 1.54) is 35.3 Å². The third kappa shape index (κ3) is 3.79. The minimum absolute atomic E-state index is 0.144. The van der Waals surface area contributed by atoms with Crippen molar-refractivity contribution < 1.29 is 18.0 Å². The van der Waals surface area contributed by atoms with E-state index in [1.807, 2.05) is 0 Å². The van der Waals surface area contributed by atoms with Crippen LogP contribution in [-0.2, 0) is 13.6 Å². The molecule has 2 heterocycles. The van der Waals surface area contributed by atoms with Crippen molar-refractivity contribution >= 4 is 34.1 Å². The molecule has 0 bridgehead atoms. The largest absolute Gasteiger partial charge is 0.330 e. The Labute approximate surface area is 178 Å². The second kappa shape index (κ2) is 7.92. The average Bonchev–Trinajstić information content (AvgIpc) is 3.16. The van der Waals surface area contributed by atoms with Crippen molar-refractivity contribution in [2.75, 3.05) is 4.90 Å². The van der Waals surface area contributed by atoms with Gasteiger partial charge in [0.15, 0.2) is 11.6 Å². The Morgan fingerprint density at radius 1 is 1.16 bits per heavy atom. The second-order valence-electron chi connectivity index (χ2n) is 6.82. The first kappa shape index (κ1) is 20.7. The Morgan fingerprint density at radius 2 is 1.90 bits per heavy atom. The molecule has 0 atom stereocenters. The molecule has 4 rings (SSSR count). The van der Waals surface area contributed by atoms with Crippen molar-refractivity contribution in [2.24, 2.45) is 7.05 Å². The smallest absolute Gasteiger partial charge is 0.276 e. The lowest BCUT2D eigenvalue weighted by Crippen LogP contribution is -2.33. The lowest BCUT2D eigenvalue weighted by Gasteiger charge is -2.24. The van der Waals surface area contributed by atoms with E-state index in [2.05, 4.69) is 9.97 Å². The van der Waals surface area contributed by atoms with Gasteiger partial charge in [-0.25, -0.2) is 18.2 Å². The normalized spacial score (nSPS) is 11.1. The number of halogens is 4. The van der Waals surface area contributed by atoms with Gasteiger partial charge in [-0.15, -0.1) is 0 Å². The molecular weight excluding hydrogens is 433 g/mol. The molecule has 6 nitrogen and oxygen atoms in total. The van der Waals surface area contributed by atoms with Crippen LogP contribution in [0.2, 0.25) is 5.02 Å². The number of carbonyl (C=O) groups excluding carboxylic acids is 1. The number of nitrogens with one attached hydrogen (secondary N) is 1. The maximum atomic E-state index is 14.7. The fourth-order valence-electron chi connectivity index (χ4n) is 3.30. The summed E-state index contributed by atoms with van der Waals surface area (Å²) in [6.07, 6.45) is 2.71. The molecule has 0 fully saturated rings. The first-order valence-corrected chi connectivity index (χ1v) is 9.37. The zero-order chi connectivity index (χ0) is 22.3. The van der Waals surface area contributed by atoms with E-state index in [0.717, 1.165) is 23.1 Å². The molecule has 4 aromatic rings. The lowest BCUT2D eigenvalue weighted by atomic mass is 10.1. The van der Waals surface area contributed by atoms with Crippen molar-refractivity contribution in [1.82, 2.24) is 14.5 Å². The molecule has 158 valence electrons. The van der Waals surface area contributed by atoms with Gasteiger partial charge in [0.05, 0.1) is 30.3 Å². The number of H-pyrrole nitrogens is 1. The number of fused-ring (bicyclic) bond motifs is 1. The first-order valence-electron chi connectivity index (χ1n) is 8.99. The third-order valence-corrected chi connectivity index (χ3v) is 5.04. The summed E-state index contributed by atoms with van der Waals surface area (Å²) in [6.45, 7) is -0.313. The van der Waals surface area contributed by atoms with E-state index in [4.69, 9.17) is 11.6 Å². The number of carbonyl (C=O) groups is 1. The lowest BCUT2D eigenvalue weighted by molar-refractivity contribution is 0.0976.